The van der Waals surface area contributed by atoms with Crippen LogP contribution in [0.1, 0.15) is 16.7 Å². The standard InChI is InChI=1S/C12H18BrNO/c1-8-7-11(13)9(2)10(3)12(8)15-6-5-14-4/h7,14H,5-6H2,1-4H3. The second kappa shape index (κ2) is 5.52. The lowest BCUT2D eigenvalue weighted by molar-refractivity contribution is 0.314. The maximum Gasteiger partial charge on any atom is 0.125 e. The molecule has 2 nitrogen and oxygen atoms in total. The molecule has 0 unspecified atom stereocenters. The van der Waals surface area contributed by atoms with Crippen molar-refractivity contribution in [3.63, 3.8) is 0 Å². The van der Waals surface area contributed by atoms with Crippen molar-refractivity contribution >= 4 is 15.9 Å². The molecule has 0 aromatic heterocycles. The smallest absolute Gasteiger partial charge is 0.125 e. The van der Waals surface area contributed by atoms with E-state index in [1.807, 2.05) is 7.05 Å². The summed E-state index contributed by atoms with van der Waals surface area (Å²) in [5.74, 6) is 1.02. The Bertz CT molecular complexity index is 350. The Morgan fingerprint density at radius 3 is 2.53 bits per heavy atom. The average molecular weight is 272 g/mol. The van der Waals surface area contributed by atoms with Crippen molar-refractivity contribution in [1.82, 2.24) is 5.32 Å². The Balaban J connectivity index is 2.92. The van der Waals surface area contributed by atoms with Crippen LogP contribution < -0.4 is 10.1 Å². The fourth-order valence-electron chi connectivity index (χ4n) is 1.49. The molecule has 0 heterocycles. The van der Waals surface area contributed by atoms with Crippen molar-refractivity contribution in [1.29, 1.82) is 0 Å². The SMILES string of the molecule is CNCCOc1c(C)cc(Br)c(C)c1C. The first-order valence-electron chi connectivity index (χ1n) is 5.11. The Kier molecular flexibility index (Phi) is 4.61. The fourth-order valence-corrected chi connectivity index (χ4v) is 2.13. The van der Waals surface area contributed by atoms with Gasteiger partial charge in [0.15, 0.2) is 0 Å². The van der Waals surface area contributed by atoms with Crippen LogP contribution >= 0.6 is 15.9 Å². The summed E-state index contributed by atoms with van der Waals surface area (Å²) in [6.45, 7) is 7.85. The lowest BCUT2D eigenvalue weighted by atomic mass is 10.1. The normalized spacial score (nSPS) is 10.5. The molecule has 0 fully saturated rings. The molecule has 0 spiro atoms. The topological polar surface area (TPSA) is 21.3 Å². The molecule has 0 radical (unpaired) electrons. The molecule has 0 aliphatic heterocycles. The third-order valence-electron chi connectivity index (χ3n) is 2.56. The van der Waals surface area contributed by atoms with Crippen molar-refractivity contribution in [2.24, 2.45) is 0 Å². The van der Waals surface area contributed by atoms with E-state index in [1.165, 1.54) is 16.7 Å². The first-order chi connectivity index (χ1) is 7.07. The van der Waals surface area contributed by atoms with E-state index < -0.39 is 0 Å². The number of aryl methyl sites for hydroxylation is 1. The van der Waals surface area contributed by atoms with Crippen molar-refractivity contribution in [3.8, 4) is 5.75 Å². The van der Waals surface area contributed by atoms with Crippen LogP contribution in [0.15, 0.2) is 10.5 Å². The molecule has 1 N–H and O–H groups in total. The van der Waals surface area contributed by atoms with Gasteiger partial charge in [-0.05, 0) is 50.6 Å². The number of ether oxygens (including phenoxy) is 1. The summed E-state index contributed by atoms with van der Waals surface area (Å²) in [6, 6.07) is 2.11. The Morgan fingerprint density at radius 1 is 1.27 bits per heavy atom. The number of nitrogens with one attached hydrogen (secondary N) is 1. The minimum atomic E-state index is 0.708. The quantitative estimate of drug-likeness (QED) is 0.851. The predicted octanol–water partition coefficient (Wildman–Crippen LogP) is 2.97. The van der Waals surface area contributed by atoms with E-state index in [1.54, 1.807) is 0 Å². The van der Waals surface area contributed by atoms with Gasteiger partial charge in [0.1, 0.15) is 12.4 Å². The molecule has 1 aromatic rings. The Hall–Kier alpha value is -0.540. The lowest BCUT2D eigenvalue weighted by Gasteiger charge is -2.15. The largest absolute Gasteiger partial charge is 0.492 e. The molecule has 0 saturated heterocycles. The van der Waals surface area contributed by atoms with Gasteiger partial charge >= 0.3 is 0 Å². The van der Waals surface area contributed by atoms with Gasteiger partial charge in [0.05, 0.1) is 0 Å². The van der Waals surface area contributed by atoms with E-state index >= 15 is 0 Å². The molecule has 0 saturated carbocycles. The van der Waals surface area contributed by atoms with Crippen LogP contribution in [0, 0.1) is 20.8 Å². The van der Waals surface area contributed by atoms with Gasteiger partial charge in [-0.3, -0.25) is 0 Å². The number of halogens is 1. The van der Waals surface area contributed by atoms with E-state index in [2.05, 4.69) is 48.1 Å². The van der Waals surface area contributed by atoms with E-state index in [4.69, 9.17) is 4.74 Å². The minimum absolute atomic E-state index is 0.708. The maximum absolute atomic E-state index is 5.76. The summed E-state index contributed by atoms with van der Waals surface area (Å²) in [5.41, 5.74) is 3.65. The summed E-state index contributed by atoms with van der Waals surface area (Å²) < 4.78 is 6.91. The zero-order valence-corrected chi connectivity index (χ0v) is 11.4. The van der Waals surface area contributed by atoms with Gasteiger partial charge in [-0.1, -0.05) is 15.9 Å². The molecule has 0 bridgehead atoms. The maximum atomic E-state index is 5.76. The first-order valence-corrected chi connectivity index (χ1v) is 5.91. The van der Waals surface area contributed by atoms with Crippen molar-refractivity contribution in [3.05, 3.63) is 27.2 Å². The molecule has 84 valence electrons. The number of rotatable bonds is 4. The number of benzene rings is 1. The molecule has 1 aromatic carbocycles. The van der Waals surface area contributed by atoms with Crippen LogP contribution in [-0.4, -0.2) is 20.2 Å². The molecule has 0 amide bonds. The van der Waals surface area contributed by atoms with Gasteiger partial charge in [-0.2, -0.15) is 0 Å². The molecule has 0 aliphatic carbocycles. The van der Waals surface area contributed by atoms with Crippen LogP contribution in [0.2, 0.25) is 0 Å². The Morgan fingerprint density at radius 2 is 1.93 bits per heavy atom. The van der Waals surface area contributed by atoms with Gasteiger partial charge in [-0.15, -0.1) is 0 Å². The molecular weight excluding hydrogens is 254 g/mol. The molecule has 0 atom stereocenters. The predicted molar refractivity (Wildman–Crippen MR) is 67.8 cm³/mol. The van der Waals surface area contributed by atoms with Crippen LogP contribution in [0.3, 0.4) is 0 Å². The highest BCUT2D eigenvalue weighted by Crippen LogP contribution is 2.31. The lowest BCUT2D eigenvalue weighted by Crippen LogP contribution is -2.16. The summed E-state index contributed by atoms with van der Waals surface area (Å²) in [4.78, 5) is 0. The van der Waals surface area contributed by atoms with Gasteiger partial charge in [0.2, 0.25) is 0 Å². The highest BCUT2D eigenvalue weighted by molar-refractivity contribution is 9.10. The van der Waals surface area contributed by atoms with Crippen LogP contribution in [-0.2, 0) is 0 Å². The van der Waals surface area contributed by atoms with Crippen molar-refractivity contribution in [2.75, 3.05) is 20.2 Å². The number of hydrogen-bond donors (Lipinski definition) is 1. The monoisotopic (exact) mass is 271 g/mol. The third-order valence-corrected chi connectivity index (χ3v) is 3.38. The van der Waals surface area contributed by atoms with Crippen molar-refractivity contribution < 1.29 is 4.74 Å². The van der Waals surface area contributed by atoms with E-state index in [-0.39, 0.29) is 0 Å². The fraction of sp³-hybridized carbons (Fsp3) is 0.500. The first kappa shape index (κ1) is 12.5. The molecule has 3 heteroatoms. The summed E-state index contributed by atoms with van der Waals surface area (Å²) in [6.07, 6.45) is 0. The van der Waals surface area contributed by atoms with Gasteiger partial charge < -0.3 is 10.1 Å². The second-order valence-corrected chi connectivity index (χ2v) is 4.56. The van der Waals surface area contributed by atoms with E-state index in [9.17, 15) is 0 Å². The average Bonchev–Trinajstić information content (AvgIpc) is 2.20. The molecule has 15 heavy (non-hydrogen) atoms. The zero-order valence-electron chi connectivity index (χ0n) is 9.78. The van der Waals surface area contributed by atoms with Crippen LogP contribution in [0.5, 0.6) is 5.75 Å². The van der Waals surface area contributed by atoms with Gasteiger partial charge in [0.25, 0.3) is 0 Å². The van der Waals surface area contributed by atoms with Gasteiger partial charge in [0, 0.05) is 11.0 Å². The minimum Gasteiger partial charge on any atom is -0.492 e. The highest BCUT2D eigenvalue weighted by atomic mass is 79.9. The molecule has 0 aliphatic rings. The summed E-state index contributed by atoms with van der Waals surface area (Å²) >= 11 is 3.54. The Labute approximate surface area is 100 Å². The number of hydrogen-bond acceptors (Lipinski definition) is 2. The van der Waals surface area contributed by atoms with Gasteiger partial charge in [-0.25, -0.2) is 0 Å². The highest BCUT2D eigenvalue weighted by Gasteiger charge is 2.09. The molecular formula is C12H18BrNO. The summed E-state index contributed by atoms with van der Waals surface area (Å²) in [7, 11) is 1.93. The van der Waals surface area contributed by atoms with E-state index in [0.29, 0.717) is 6.61 Å². The number of likely N-dealkylation sites (N-methyl/N-ethyl adjacent to an activating group) is 1. The second-order valence-electron chi connectivity index (χ2n) is 3.71. The summed E-state index contributed by atoms with van der Waals surface area (Å²) in [5, 5.41) is 3.07. The third kappa shape index (κ3) is 2.95. The molecule has 1 rings (SSSR count). The van der Waals surface area contributed by atoms with E-state index in [0.717, 1.165) is 16.8 Å². The van der Waals surface area contributed by atoms with Crippen molar-refractivity contribution in [2.45, 2.75) is 20.8 Å². The van der Waals surface area contributed by atoms with Crippen LogP contribution in [0.4, 0.5) is 0 Å². The zero-order chi connectivity index (χ0) is 11.4. The van der Waals surface area contributed by atoms with Crippen LogP contribution in [0.25, 0.3) is 0 Å².